The van der Waals surface area contributed by atoms with E-state index >= 15 is 0 Å². The Kier molecular flexibility index (Phi) is 6.37. The summed E-state index contributed by atoms with van der Waals surface area (Å²) < 4.78 is 0. The van der Waals surface area contributed by atoms with Gasteiger partial charge in [0.05, 0.1) is 13.0 Å². The van der Waals surface area contributed by atoms with Crippen molar-refractivity contribution < 1.29 is 14.7 Å². The molecule has 0 unspecified atom stereocenters. The number of benzene rings is 1. The van der Waals surface area contributed by atoms with Crippen LogP contribution in [0.25, 0.3) is 0 Å². The van der Waals surface area contributed by atoms with Crippen molar-refractivity contribution in [2.45, 2.75) is 33.1 Å². The molecule has 1 aromatic carbocycles. The minimum absolute atomic E-state index is 0.0331. The van der Waals surface area contributed by atoms with E-state index in [1.165, 1.54) is 0 Å². The number of rotatable bonds is 7. The second-order valence-electron chi connectivity index (χ2n) is 5.62. The molecule has 0 radical (unpaired) electrons. The van der Waals surface area contributed by atoms with Crippen LogP contribution in [0.4, 0.5) is 5.69 Å². The van der Waals surface area contributed by atoms with Crippen molar-refractivity contribution in [2.75, 3.05) is 25.5 Å². The highest BCUT2D eigenvalue weighted by molar-refractivity contribution is 5.93. The number of aliphatic carboxylic acids is 1. The van der Waals surface area contributed by atoms with E-state index in [2.05, 4.69) is 19.2 Å². The third kappa shape index (κ3) is 5.55. The summed E-state index contributed by atoms with van der Waals surface area (Å²) in [5.74, 6) is -0.660. The van der Waals surface area contributed by atoms with Crippen LogP contribution in [0.1, 0.15) is 37.3 Å². The van der Waals surface area contributed by atoms with E-state index in [0.29, 0.717) is 12.5 Å². The Balaban J connectivity index is 2.69. The monoisotopic (exact) mass is 292 g/mol. The number of para-hydroxylation sites is 1. The maximum Gasteiger partial charge on any atom is 0.304 e. The molecule has 0 aliphatic heterocycles. The summed E-state index contributed by atoms with van der Waals surface area (Å²) in [6.07, 6.45) is 0.0331. The fourth-order valence-electron chi connectivity index (χ4n) is 2.13. The smallest absolute Gasteiger partial charge is 0.304 e. The van der Waals surface area contributed by atoms with Gasteiger partial charge in [0.15, 0.2) is 0 Å². The molecule has 5 heteroatoms. The quantitative estimate of drug-likeness (QED) is 0.810. The molecule has 0 spiro atoms. The van der Waals surface area contributed by atoms with E-state index in [4.69, 9.17) is 5.11 Å². The first kappa shape index (κ1) is 17.2. The Bertz CT molecular complexity index is 512. The first-order chi connectivity index (χ1) is 9.81. The number of aryl methyl sites for hydroxylation is 1. The highest BCUT2D eigenvalue weighted by Crippen LogP contribution is 2.27. The molecular weight excluding hydrogens is 268 g/mol. The molecule has 0 fully saturated rings. The number of likely N-dealkylation sites (N-methyl/N-ethyl adjacent to an activating group) is 1. The average Bonchev–Trinajstić information content (AvgIpc) is 2.38. The Labute approximate surface area is 126 Å². The zero-order valence-electron chi connectivity index (χ0n) is 13.1. The Morgan fingerprint density at radius 3 is 2.57 bits per heavy atom. The SMILES string of the molecule is Cc1cccc(C(C)C)c1NC(=O)CN(C)CCC(=O)O. The van der Waals surface area contributed by atoms with Crippen LogP contribution in [0.5, 0.6) is 0 Å². The largest absolute Gasteiger partial charge is 0.481 e. The van der Waals surface area contributed by atoms with Gasteiger partial charge < -0.3 is 10.4 Å². The standard InChI is InChI=1S/C16H24N2O3/c1-11(2)13-7-5-6-12(3)16(13)17-14(19)10-18(4)9-8-15(20)21/h5-7,11H,8-10H2,1-4H3,(H,17,19)(H,20,21). The number of hydrogen-bond donors (Lipinski definition) is 2. The molecule has 0 bridgehead atoms. The number of carbonyl (C=O) groups is 2. The number of anilines is 1. The number of amides is 1. The zero-order chi connectivity index (χ0) is 16.0. The Hall–Kier alpha value is -1.88. The minimum atomic E-state index is -0.858. The van der Waals surface area contributed by atoms with Crippen LogP contribution >= 0.6 is 0 Å². The summed E-state index contributed by atoms with van der Waals surface area (Å²) in [5.41, 5.74) is 3.00. The molecule has 2 N–H and O–H groups in total. The lowest BCUT2D eigenvalue weighted by Crippen LogP contribution is -2.32. The van der Waals surface area contributed by atoms with E-state index in [1.807, 2.05) is 25.1 Å². The van der Waals surface area contributed by atoms with Crippen molar-refractivity contribution in [3.8, 4) is 0 Å². The van der Waals surface area contributed by atoms with Crippen LogP contribution < -0.4 is 5.32 Å². The minimum Gasteiger partial charge on any atom is -0.481 e. The van der Waals surface area contributed by atoms with Crippen LogP contribution in [-0.2, 0) is 9.59 Å². The fraction of sp³-hybridized carbons (Fsp3) is 0.500. The van der Waals surface area contributed by atoms with Crippen LogP contribution in [0.15, 0.2) is 18.2 Å². The van der Waals surface area contributed by atoms with Crippen molar-refractivity contribution in [3.63, 3.8) is 0 Å². The number of nitrogens with one attached hydrogen (secondary N) is 1. The zero-order valence-corrected chi connectivity index (χ0v) is 13.1. The van der Waals surface area contributed by atoms with Gasteiger partial charge in [-0.15, -0.1) is 0 Å². The van der Waals surface area contributed by atoms with Crippen molar-refractivity contribution in [2.24, 2.45) is 0 Å². The van der Waals surface area contributed by atoms with Gasteiger partial charge in [0, 0.05) is 12.2 Å². The van der Waals surface area contributed by atoms with Gasteiger partial charge in [0.25, 0.3) is 0 Å². The number of carboxylic acid groups (broad SMARTS) is 1. The molecule has 0 saturated carbocycles. The van der Waals surface area contributed by atoms with Crippen LogP contribution in [-0.4, -0.2) is 42.0 Å². The van der Waals surface area contributed by atoms with Crippen molar-refractivity contribution in [3.05, 3.63) is 29.3 Å². The molecule has 1 amide bonds. The number of nitrogens with zero attached hydrogens (tertiary/aromatic N) is 1. The Morgan fingerprint density at radius 1 is 1.33 bits per heavy atom. The van der Waals surface area contributed by atoms with E-state index < -0.39 is 5.97 Å². The molecule has 0 heterocycles. The second kappa shape index (κ2) is 7.78. The van der Waals surface area contributed by atoms with Gasteiger partial charge in [0.1, 0.15) is 0 Å². The first-order valence-electron chi connectivity index (χ1n) is 7.11. The molecule has 1 rings (SSSR count). The summed E-state index contributed by atoms with van der Waals surface area (Å²) in [5, 5.41) is 11.6. The van der Waals surface area contributed by atoms with E-state index in [9.17, 15) is 9.59 Å². The predicted octanol–water partition coefficient (Wildman–Crippen LogP) is 2.46. The fourth-order valence-corrected chi connectivity index (χ4v) is 2.13. The van der Waals surface area contributed by atoms with E-state index in [1.54, 1.807) is 11.9 Å². The maximum absolute atomic E-state index is 12.1. The molecule has 0 aromatic heterocycles. The third-order valence-electron chi connectivity index (χ3n) is 3.31. The molecule has 0 atom stereocenters. The lowest BCUT2D eigenvalue weighted by Gasteiger charge is -2.19. The normalized spacial score (nSPS) is 11.0. The molecule has 1 aromatic rings. The maximum atomic E-state index is 12.1. The van der Waals surface area contributed by atoms with Gasteiger partial charge in [-0.25, -0.2) is 0 Å². The molecule has 21 heavy (non-hydrogen) atoms. The summed E-state index contributed by atoms with van der Waals surface area (Å²) in [6, 6.07) is 5.97. The second-order valence-corrected chi connectivity index (χ2v) is 5.62. The van der Waals surface area contributed by atoms with Crippen LogP contribution in [0, 0.1) is 6.92 Å². The number of carboxylic acids is 1. The van der Waals surface area contributed by atoms with Gasteiger partial charge >= 0.3 is 5.97 Å². The lowest BCUT2D eigenvalue weighted by molar-refractivity contribution is -0.137. The molecule has 5 nitrogen and oxygen atoms in total. The summed E-state index contributed by atoms with van der Waals surface area (Å²) in [4.78, 5) is 24.3. The van der Waals surface area contributed by atoms with Crippen molar-refractivity contribution in [1.29, 1.82) is 0 Å². The Morgan fingerprint density at radius 2 is 2.00 bits per heavy atom. The van der Waals surface area contributed by atoms with Gasteiger partial charge in [0.2, 0.25) is 5.91 Å². The van der Waals surface area contributed by atoms with E-state index in [0.717, 1.165) is 16.8 Å². The van der Waals surface area contributed by atoms with Crippen LogP contribution in [0.2, 0.25) is 0 Å². The molecule has 0 saturated heterocycles. The average molecular weight is 292 g/mol. The van der Waals surface area contributed by atoms with E-state index in [-0.39, 0.29) is 18.9 Å². The number of carbonyl (C=O) groups excluding carboxylic acids is 1. The van der Waals surface area contributed by atoms with Gasteiger partial charge in [-0.1, -0.05) is 32.0 Å². The van der Waals surface area contributed by atoms with Crippen LogP contribution in [0.3, 0.4) is 0 Å². The van der Waals surface area contributed by atoms with Crippen molar-refractivity contribution >= 4 is 17.6 Å². The predicted molar refractivity (Wildman–Crippen MR) is 83.6 cm³/mol. The molecule has 0 aliphatic rings. The topological polar surface area (TPSA) is 69.6 Å². The van der Waals surface area contributed by atoms with Crippen molar-refractivity contribution in [1.82, 2.24) is 4.90 Å². The van der Waals surface area contributed by atoms with Gasteiger partial charge in [-0.05, 0) is 31.0 Å². The molecular formula is C16H24N2O3. The third-order valence-corrected chi connectivity index (χ3v) is 3.31. The highest BCUT2D eigenvalue weighted by atomic mass is 16.4. The summed E-state index contributed by atoms with van der Waals surface area (Å²) >= 11 is 0. The summed E-state index contributed by atoms with van der Waals surface area (Å²) in [7, 11) is 1.74. The van der Waals surface area contributed by atoms with Gasteiger partial charge in [-0.2, -0.15) is 0 Å². The summed E-state index contributed by atoms with van der Waals surface area (Å²) in [6.45, 7) is 6.68. The highest BCUT2D eigenvalue weighted by Gasteiger charge is 2.13. The first-order valence-corrected chi connectivity index (χ1v) is 7.11. The lowest BCUT2D eigenvalue weighted by atomic mass is 9.98. The molecule has 0 aliphatic carbocycles. The van der Waals surface area contributed by atoms with Gasteiger partial charge in [-0.3, -0.25) is 14.5 Å². The molecule has 116 valence electrons. The number of hydrogen-bond acceptors (Lipinski definition) is 3.